The maximum atomic E-state index is 11.0. The predicted molar refractivity (Wildman–Crippen MR) is 74.7 cm³/mol. The van der Waals surface area contributed by atoms with Crippen molar-refractivity contribution in [1.29, 1.82) is 0 Å². The first-order chi connectivity index (χ1) is 9.16. The van der Waals surface area contributed by atoms with Gasteiger partial charge in [-0.1, -0.05) is 18.2 Å². The average Bonchev–Trinajstić information content (AvgIpc) is 2.39. The van der Waals surface area contributed by atoms with Gasteiger partial charge in [0.2, 0.25) is 0 Å². The summed E-state index contributed by atoms with van der Waals surface area (Å²) in [6.45, 7) is 3.26. The van der Waals surface area contributed by atoms with E-state index < -0.39 is 0 Å². The Kier molecular flexibility index (Phi) is 4.08. The van der Waals surface area contributed by atoms with Crippen molar-refractivity contribution >= 4 is 5.78 Å². The summed E-state index contributed by atoms with van der Waals surface area (Å²) in [5, 5.41) is 0. The van der Waals surface area contributed by atoms with Crippen LogP contribution < -0.4 is 4.74 Å². The second kappa shape index (κ2) is 5.96. The lowest BCUT2D eigenvalue weighted by Crippen LogP contribution is -1.96. The molecule has 0 unspecified atom stereocenters. The van der Waals surface area contributed by atoms with E-state index in [2.05, 4.69) is 4.98 Å². The van der Waals surface area contributed by atoms with Crippen LogP contribution in [-0.2, 0) is 4.79 Å². The fourth-order valence-corrected chi connectivity index (χ4v) is 1.78. The molecule has 3 nitrogen and oxygen atoms in total. The van der Waals surface area contributed by atoms with Crippen LogP contribution in [0.4, 0.5) is 0 Å². The van der Waals surface area contributed by atoms with E-state index in [1.807, 2.05) is 42.5 Å². The first kappa shape index (κ1) is 13.0. The van der Waals surface area contributed by atoms with E-state index in [0.29, 0.717) is 11.5 Å². The molecular weight excluding hydrogens is 238 g/mol. The monoisotopic (exact) mass is 253 g/mol. The number of hydrogen-bond donors (Lipinski definition) is 0. The summed E-state index contributed by atoms with van der Waals surface area (Å²) in [6.07, 6.45) is 3.21. The third-order valence-electron chi connectivity index (χ3n) is 2.51. The van der Waals surface area contributed by atoms with E-state index in [1.165, 1.54) is 13.0 Å². The Bertz CT molecular complexity index is 603. The molecule has 0 aliphatic heterocycles. The number of ketones is 1. The number of carbonyl (C=O) groups is 1. The van der Waals surface area contributed by atoms with Gasteiger partial charge in [-0.05, 0) is 38.1 Å². The molecule has 0 bridgehead atoms. The van der Waals surface area contributed by atoms with Gasteiger partial charge in [0.15, 0.2) is 5.78 Å². The van der Waals surface area contributed by atoms with Crippen molar-refractivity contribution in [2.24, 2.45) is 0 Å². The highest BCUT2D eigenvalue weighted by atomic mass is 16.5. The highest BCUT2D eigenvalue weighted by Crippen LogP contribution is 2.29. The average molecular weight is 253 g/mol. The molecule has 0 saturated heterocycles. The molecule has 2 rings (SSSR count). The van der Waals surface area contributed by atoms with E-state index in [4.69, 9.17) is 4.74 Å². The molecule has 1 heterocycles. The summed E-state index contributed by atoms with van der Waals surface area (Å²) >= 11 is 0. The van der Waals surface area contributed by atoms with Gasteiger partial charge in [-0.2, -0.15) is 0 Å². The van der Waals surface area contributed by atoms with Gasteiger partial charge in [-0.3, -0.25) is 9.78 Å². The first-order valence-corrected chi connectivity index (χ1v) is 6.04. The molecule has 19 heavy (non-hydrogen) atoms. The number of allylic oxidation sites excluding steroid dienone is 2. The van der Waals surface area contributed by atoms with Gasteiger partial charge in [0.05, 0.1) is 5.69 Å². The number of hydrogen-bond acceptors (Lipinski definition) is 3. The first-order valence-electron chi connectivity index (χ1n) is 6.04. The van der Waals surface area contributed by atoms with Crippen molar-refractivity contribution < 1.29 is 9.53 Å². The molecule has 96 valence electrons. The maximum absolute atomic E-state index is 11.0. The van der Waals surface area contributed by atoms with Gasteiger partial charge < -0.3 is 4.74 Å². The van der Waals surface area contributed by atoms with Crippen molar-refractivity contribution in [3.8, 4) is 17.0 Å². The van der Waals surface area contributed by atoms with Crippen LogP contribution >= 0.6 is 0 Å². The minimum absolute atomic E-state index is 0.0344. The largest absolute Gasteiger partial charge is 0.461 e. The molecule has 3 heteroatoms. The van der Waals surface area contributed by atoms with Gasteiger partial charge in [0.1, 0.15) is 11.5 Å². The number of pyridine rings is 1. The zero-order valence-corrected chi connectivity index (χ0v) is 11.0. The number of aromatic nitrogens is 1. The molecular formula is C16H15NO2. The number of ether oxygens (including phenoxy) is 1. The highest BCUT2D eigenvalue weighted by molar-refractivity contribution is 5.87. The summed E-state index contributed by atoms with van der Waals surface area (Å²) in [7, 11) is 0. The van der Waals surface area contributed by atoms with Crippen LogP contribution in [0.15, 0.2) is 60.5 Å². The van der Waals surface area contributed by atoms with E-state index in [1.54, 1.807) is 13.1 Å². The quantitative estimate of drug-likeness (QED) is 0.617. The lowest BCUT2D eigenvalue weighted by atomic mass is 10.1. The summed E-state index contributed by atoms with van der Waals surface area (Å²) in [6, 6.07) is 13.3. The fraction of sp³-hybridized carbons (Fsp3) is 0.125. The van der Waals surface area contributed by atoms with Gasteiger partial charge in [-0.25, -0.2) is 0 Å². The lowest BCUT2D eigenvalue weighted by Gasteiger charge is -2.10. The summed E-state index contributed by atoms with van der Waals surface area (Å²) in [4.78, 5) is 15.3. The number of nitrogens with zero attached hydrogens (tertiary/aromatic N) is 1. The molecule has 0 aliphatic carbocycles. The van der Waals surface area contributed by atoms with Crippen molar-refractivity contribution in [3.63, 3.8) is 0 Å². The standard InChI is InChI=1S/C16H15NO2/c1-12(18)11-13(2)19-16-9-4-3-7-14(16)15-8-5-6-10-17-15/h3-11H,1-2H3/b13-11-. The highest BCUT2D eigenvalue weighted by Gasteiger charge is 2.07. The SMILES string of the molecule is CC(=O)/C=C(/C)Oc1ccccc1-c1ccccn1. The lowest BCUT2D eigenvalue weighted by molar-refractivity contribution is -0.112. The van der Waals surface area contributed by atoms with Crippen LogP contribution in [0.3, 0.4) is 0 Å². The van der Waals surface area contributed by atoms with E-state index in [-0.39, 0.29) is 5.78 Å². The van der Waals surface area contributed by atoms with Crippen LogP contribution in [0.1, 0.15) is 13.8 Å². The summed E-state index contributed by atoms with van der Waals surface area (Å²) in [5.74, 6) is 1.22. The zero-order valence-electron chi connectivity index (χ0n) is 11.0. The van der Waals surface area contributed by atoms with Gasteiger partial charge >= 0.3 is 0 Å². The molecule has 1 aromatic heterocycles. The third kappa shape index (κ3) is 3.52. The molecule has 0 saturated carbocycles. The number of benzene rings is 1. The van der Waals surface area contributed by atoms with Crippen molar-refractivity contribution in [3.05, 3.63) is 60.5 Å². The smallest absolute Gasteiger partial charge is 0.155 e. The zero-order chi connectivity index (χ0) is 13.7. The van der Waals surface area contributed by atoms with Gasteiger partial charge in [0, 0.05) is 17.8 Å². The second-order valence-corrected chi connectivity index (χ2v) is 4.18. The van der Waals surface area contributed by atoms with Crippen LogP contribution in [0.25, 0.3) is 11.3 Å². The summed E-state index contributed by atoms with van der Waals surface area (Å²) < 4.78 is 5.71. The van der Waals surface area contributed by atoms with Crippen LogP contribution in [0, 0.1) is 0 Å². The van der Waals surface area contributed by atoms with Gasteiger partial charge in [-0.15, -0.1) is 0 Å². The number of rotatable bonds is 4. The van der Waals surface area contributed by atoms with E-state index in [0.717, 1.165) is 11.3 Å². The molecule has 0 fully saturated rings. The maximum Gasteiger partial charge on any atom is 0.155 e. The van der Waals surface area contributed by atoms with Crippen LogP contribution in [0.5, 0.6) is 5.75 Å². The van der Waals surface area contributed by atoms with Gasteiger partial charge in [0.25, 0.3) is 0 Å². The Morgan fingerprint density at radius 3 is 2.53 bits per heavy atom. The molecule has 0 atom stereocenters. The topological polar surface area (TPSA) is 39.2 Å². The Morgan fingerprint density at radius 1 is 1.11 bits per heavy atom. The van der Waals surface area contributed by atoms with E-state index in [9.17, 15) is 4.79 Å². The molecule has 0 spiro atoms. The normalized spacial score (nSPS) is 11.2. The third-order valence-corrected chi connectivity index (χ3v) is 2.51. The van der Waals surface area contributed by atoms with Crippen LogP contribution in [-0.4, -0.2) is 10.8 Å². The Morgan fingerprint density at radius 2 is 1.84 bits per heavy atom. The molecule has 1 aromatic carbocycles. The summed E-state index contributed by atoms with van der Waals surface area (Å²) in [5.41, 5.74) is 1.74. The van der Waals surface area contributed by atoms with Crippen molar-refractivity contribution in [2.45, 2.75) is 13.8 Å². The Hall–Kier alpha value is -2.42. The van der Waals surface area contributed by atoms with Crippen LogP contribution in [0.2, 0.25) is 0 Å². The van der Waals surface area contributed by atoms with Crippen molar-refractivity contribution in [1.82, 2.24) is 4.98 Å². The number of para-hydroxylation sites is 1. The Balaban J connectivity index is 2.35. The minimum Gasteiger partial charge on any atom is -0.461 e. The predicted octanol–water partition coefficient (Wildman–Crippen LogP) is 3.62. The molecule has 0 aliphatic rings. The molecule has 0 radical (unpaired) electrons. The van der Waals surface area contributed by atoms with Crippen molar-refractivity contribution in [2.75, 3.05) is 0 Å². The minimum atomic E-state index is -0.0344. The Labute approximate surface area is 112 Å². The second-order valence-electron chi connectivity index (χ2n) is 4.18. The molecule has 0 amide bonds. The van der Waals surface area contributed by atoms with E-state index >= 15 is 0 Å². The fourth-order valence-electron chi connectivity index (χ4n) is 1.78. The molecule has 2 aromatic rings. The number of carbonyl (C=O) groups excluding carboxylic acids is 1. The molecule has 0 N–H and O–H groups in total.